The van der Waals surface area contributed by atoms with Crippen LogP contribution in [0.1, 0.15) is 53.1 Å². The lowest BCUT2D eigenvalue weighted by atomic mass is 10.1. The molecule has 0 unspecified atom stereocenters. The first-order valence-corrected chi connectivity index (χ1v) is 11.2. The normalized spacial score (nSPS) is 16.1. The Kier molecular flexibility index (Phi) is 5.88. The zero-order chi connectivity index (χ0) is 22.1. The third-order valence-electron chi connectivity index (χ3n) is 5.54. The number of thiazole rings is 1. The fourth-order valence-corrected chi connectivity index (χ4v) is 4.72. The predicted molar refractivity (Wildman–Crippen MR) is 123 cm³/mol. The molecule has 0 aliphatic carbocycles. The molecule has 1 aliphatic rings. The first-order valence-electron chi connectivity index (χ1n) is 10.4. The number of carbonyl (C=O) groups is 2. The minimum absolute atomic E-state index is 0.0238. The average molecular weight is 439 g/mol. The molecule has 0 radical (unpaired) electrons. The lowest BCUT2D eigenvalue weighted by molar-refractivity contribution is 0.0736. The Morgan fingerprint density at radius 2 is 2.06 bits per heavy atom. The highest BCUT2D eigenvalue weighted by Crippen LogP contribution is 2.32. The molecule has 2 aromatic heterocycles. The maximum absolute atomic E-state index is 13.2. The van der Waals surface area contributed by atoms with Gasteiger partial charge in [0.25, 0.3) is 11.8 Å². The number of nitrogens with one attached hydrogen (secondary N) is 1. The summed E-state index contributed by atoms with van der Waals surface area (Å²) in [4.78, 5) is 32.2. The highest BCUT2D eigenvalue weighted by molar-refractivity contribution is 7.22. The van der Waals surface area contributed by atoms with E-state index in [2.05, 4.69) is 28.9 Å². The van der Waals surface area contributed by atoms with Gasteiger partial charge in [0.1, 0.15) is 4.70 Å². The van der Waals surface area contributed by atoms with Gasteiger partial charge < -0.3 is 10.6 Å². The van der Waals surface area contributed by atoms with Crippen LogP contribution in [-0.4, -0.2) is 50.6 Å². The van der Waals surface area contributed by atoms with Gasteiger partial charge in [-0.1, -0.05) is 37.0 Å². The quantitative estimate of drug-likeness (QED) is 0.614. The van der Waals surface area contributed by atoms with Gasteiger partial charge in [-0.15, -0.1) is 0 Å². The molecule has 1 aliphatic heterocycles. The summed E-state index contributed by atoms with van der Waals surface area (Å²) in [6, 6.07) is 7.49. The molecule has 1 saturated heterocycles. The van der Waals surface area contributed by atoms with Crippen LogP contribution in [0.2, 0.25) is 0 Å². The van der Waals surface area contributed by atoms with Gasteiger partial charge in [-0.3, -0.25) is 14.9 Å². The van der Waals surface area contributed by atoms with Crippen molar-refractivity contribution in [1.82, 2.24) is 19.7 Å². The Balaban J connectivity index is 1.65. The van der Waals surface area contributed by atoms with E-state index in [0.717, 1.165) is 19.3 Å². The van der Waals surface area contributed by atoms with Crippen LogP contribution in [0.5, 0.6) is 0 Å². The van der Waals surface area contributed by atoms with Crippen molar-refractivity contribution in [3.05, 3.63) is 47.7 Å². The van der Waals surface area contributed by atoms with Crippen LogP contribution in [0.4, 0.5) is 5.13 Å². The van der Waals surface area contributed by atoms with Crippen molar-refractivity contribution in [3.63, 3.8) is 0 Å². The summed E-state index contributed by atoms with van der Waals surface area (Å²) in [5.74, 6) is -0.404. The second kappa shape index (κ2) is 8.60. The molecule has 8 nitrogen and oxygen atoms in total. The zero-order valence-corrected chi connectivity index (χ0v) is 18.5. The van der Waals surface area contributed by atoms with E-state index in [1.54, 1.807) is 28.6 Å². The Morgan fingerprint density at radius 3 is 2.71 bits per heavy atom. The predicted octanol–water partition coefficient (Wildman–Crippen LogP) is 3.36. The van der Waals surface area contributed by atoms with Crippen molar-refractivity contribution in [2.24, 2.45) is 5.73 Å². The molecular formula is C22H26N6O2S. The smallest absolute Gasteiger partial charge is 0.276 e. The standard InChI is InChI=1S/C22H26N6O2S/c1-4-14-7-9-15(10-8-14)20(29)25-22-24-19-18(31-22)17(26-28(19)13(2)3)21(30)27-11-5-6-16(27)12-23/h7-10,16H,2,4-6,11-12,23H2,1,3H3,(H,24,25,29)/t16-/m0/s1. The highest BCUT2D eigenvalue weighted by atomic mass is 32.1. The highest BCUT2D eigenvalue weighted by Gasteiger charge is 2.32. The molecule has 1 atom stereocenters. The number of fused-ring (bicyclic) bond motifs is 1. The van der Waals surface area contributed by atoms with Gasteiger partial charge in [0, 0.05) is 30.4 Å². The summed E-state index contributed by atoms with van der Waals surface area (Å²) in [6.45, 7) is 8.90. The molecule has 0 saturated carbocycles. The monoisotopic (exact) mass is 438 g/mol. The number of rotatable bonds is 6. The number of benzene rings is 1. The third kappa shape index (κ3) is 3.98. The number of allylic oxidation sites excluding steroid dienone is 1. The summed E-state index contributed by atoms with van der Waals surface area (Å²) in [7, 11) is 0. The summed E-state index contributed by atoms with van der Waals surface area (Å²) in [5, 5.41) is 7.74. The molecule has 1 aromatic carbocycles. The maximum atomic E-state index is 13.2. The second-order valence-corrected chi connectivity index (χ2v) is 8.70. The van der Waals surface area contributed by atoms with Gasteiger partial charge >= 0.3 is 0 Å². The lowest BCUT2D eigenvalue weighted by Crippen LogP contribution is -2.40. The summed E-state index contributed by atoms with van der Waals surface area (Å²) < 4.78 is 2.19. The number of hydrogen-bond donors (Lipinski definition) is 2. The van der Waals surface area contributed by atoms with Crippen molar-refractivity contribution in [2.75, 3.05) is 18.4 Å². The van der Waals surface area contributed by atoms with Crippen molar-refractivity contribution in [3.8, 4) is 0 Å². The zero-order valence-electron chi connectivity index (χ0n) is 17.7. The topological polar surface area (TPSA) is 106 Å². The van der Waals surface area contributed by atoms with Gasteiger partial charge in [-0.25, -0.2) is 4.68 Å². The van der Waals surface area contributed by atoms with E-state index in [1.165, 1.54) is 16.9 Å². The number of likely N-dealkylation sites (tertiary alicyclic amines) is 1. The number of carbonyl (C=O) groups excluding carboxylic acids is 2. The van der Waals surface area contributed by atoms with Crippen LogP contribution in [0.25, 0.3) is 16.0 Å². The molecule has 2 amide bonds. The molecule has 0 spiro atoms. The van der Waals surface area contributed by atoms with Crippen molar-refractivity contribution in [2.45, 2.75) is 39.2 Å². The summed E-state index contributed by atoms with van der Waals surface area (Å²) in [5.41, 5.74) is 9.04. The van der Waals surface area contributed by atoms with Gasteiger partial charge in [-0.2, -0.15) is 10.1 Å². The van der Waals surface area contributed by atoms with E-state index >= 15 is 0 Å². The first-order chi connectivity index (χ1) is 14.9. The van der Waals surface area contributed by atoms with Crippen LogP contribution in [0.15, 0.2) is 30.8 Å². The minimum atomic E-state index is -0.246. The molecule has 162 valence electrons. The molecule has 0 bridgehead atoms. The Bertz CT molecular complexity index is 1150. The number of hydrogen-bond acceptors (Lipinski definition) is 6. The minimum Gasteiger partial charge on any atom is -0.333 e. The number of aryl methyl sites for hydroxylation is 1. The van der Waals surface area contributed by atoms with Gasteiger partial charge in [-0.05, 0) is 43.9 Å². The number of nitrogens with zero attached hydrogens (tertiary/aromatic N) is 4. The first kappa shape index (κ1) is 21.2. The van der Waals surface area contributed by atoms with Gasteiger partial charge in [0.15, 0.2) is 16.5 Å². The van der Waals surface area contributed by atoms with Crippen LogP contribution in [-0.2, 0) is 6.42 Å². The molecule has 31 heavy (non-hydrogen) atoms. The molecule has 4 rings (SSSR count). The number of nitrogens with two attached hydrogens (primary N) is 1. The summed E-state index contributed by atoms with van der Waals surface area (Å²) >= 11 is 1.24. The summed E-state index contributed by atoms with van der Waals surface area (Å²) in [6.07, 6.45) is 2.74. The van der Waals surface area contributed by atoms with E-state index < -0.39 is 0 Å². The Hall–Kier alpha value is -3.04. The number of aromatic nitrogens is 3. The van der Waals surface area contributed by atoms with E-state index in [0.29, 0.717) is 45.5 Å². The average Bonchev–Trinajstić information content (AvgIpc) is 3.47. The molecule has 3 heterocycles. The van der Waals surface area contributed by atoms with Crippen molar-refractivity contribution in [1.29, 1.82) is 0 Å². The molecule has 1 fully saturated rings. The number of amides is 2. The van der Waals surface area contributed by atoms with Crippen molar-refractivity contribution >= 4 is 44.3 Å². The molecule has 3 N–H and O–H groups in total. The molecule has 9 heteroatoms. The Labute approximate surface area is 184 Å². The van der Waals surface area contributed by atoms with Crippen LogP contribution < -0.4 is 11.1 Å². The van der Waals surface area contributed by atoms with Crippen molar-refractivity contribution < 1.29 is 9.59 Å². The van der Waals surface area contributed by atoms with E-state index in [9.17, 15) is 9.59 Å². The van der Waals surface area contributed by atoms with Crippen LogP contribution >= 0.6 is 11.3 Å². The van der Waals surface area contributed by atoms with Crippen LogP contribution in [0.3, 0.4) is 0 Å². The maximum Gasteiger partial charge on any atom is 0.276 e. The third-order valence-corrected chi connectivity index (χ3v) is 6.51. The van der Waals surface area contributed by atoms with E-state index in [4.69, 9.17) is 5.73 Å². The number of anilines is 1. The second-order valence-electron chi connectivity index (χ2n) is 7.70. The SMILES string of the molecule is C=C(C)n1nc(C(=O)N2CCC[C@H]2CN)c2sc(NC(=O)c3ccc(CC)cc3)nc21. The van der Waals surface area contributed by atoms with Gasteiger partial charge in [0.2, 0.25) is 0 Å². The molecular weight excluding hydrogens is 412 g/mol. The van der Waals surface area contributed by atoms with Gasteiger partial charge in [0.05, 0.1) is 0 Å². The lowest BCUT2D eigenvalue weighted by Gasteiger charge is -2.22. The molecule has 3 aromatic rings. The fraction of sp³-hybridized carbons (Fsp3) is 0.364. The fourth-order valence-electron chi connectivity index (χ4n) is 3.81. The Morgan fingerprint density at radius 1 is 1.32 bits per heavy atom. The van der Waals surface area contributed by atoms with E-state index in [1.807, 2.05) is 12.1 Å². The largest absolute Gasteiger partial charge is 0.333 e. The van der Waals surface area contributed by atoms with E-state index in [-0.39, 0.29) is 17.9 Å². The van der Waals surface area contributed by atoms with Crippen LogP contribution in [0, 0.1) is 0 Å².